The third kappa shape index (κ3) is 4.76. The largest absolute Gasteiger partial charge is 0.496 e. The van der Waals surface area contributed by atoms with Crippen molar-refractivity contribution in [3.63, 3.8) is 0 Å². The number of rotatable bonds is 8. The van der Waals surface area contributed by atoms with E-state index in [9.17, 15) is 4.21 Å². The summed E-state index contributed by atoms with van der Waals surface area (Å²) in [7, 11) is 2.41. The van der Waals surface area contributed by atoms with Gasteiger partial charge in [-0.15, -0.1) is 0 Å². The summed E-state index contributed by atoms with van der Waals surface area (Å²) in [6.45, 7) is 1.10. The van der Waals surface area contributed by atoms with Gasteiger partial charge < -0.3 is 15.2 Å². The zero-order valence-corrected chi connectivity index (χ0v) is 11.8. The fourth-order valence-electron chi connectivity index (χ4n) is 1.67. The predicted molar refractivity (Wildman–Crippen MR) is 74.1 cm³/mol. The van der Waals surface area contributed by atoms with Gasteiger partial charge in [0.2, 0.25) is 0 Å². The molecular weight excluding hydrogens is 250 g/mol. The standard InChI is InChI=1S/C13H21NO3S/c1-16-6-3-7-18(15)10-11-4-5-12(9-14)13(8-11)17-2/h4-5,8H,3,6-7,9-10,14H2,1-2H3. The zero-order chi connectivity index (χ0) is 13.4. The first-order chi connectivity index (χ1) is 8.71. The van der Waals surface area contributed by atoms with Crippen molar-refractivity contribution in [1.82, 2.24) is 0 Å². The first kappa shape index (κ1) is 15.1. The minimum atomic E-state index is -0.858. The molecule has 0 spiro atoms. The number of nitrogens with two attached hydrogens (primary N) is 1. The van der Waals surface area contributed by atoms with Gasteiger partial charge in [-0.25, -0.2) is 0 Å². The smallest absolute Gasteiger partial charge is 0.123 e. The van der Waals surface area contributed by atoms with Crippen LogP contribution in [0.15, 0.2) is 18.2 Å². The summed E-state index contributed by atoms with van der Waals surface area (Å²) in [5.74, 6) is 1.98. The molecule has 1 atom stereocenters. The van der Waals surface area contributed by atoms with Gasteiger partial charge in [0.05, 0.1) is 7.11 Å². The number of hydrogen-bond donors (Lipinski definition) is 1. The Hall–Kier alpha value is -0.910. The Bertz CT molecular complexity index is 396. The SMILES string of the molecule is COCCCS(=O)Cc1ccc(CN)c(OC)c1. The average molecular weight is 271 g/mol. The summed E-state index contributed by atoms with van der Waals surface area (Å²) in [6, 6.07) is 5.80. The molecular formula is C13H21NO3S. The van der Waals surface area contributed by atoms with E-state index in [0.717, 1.165) is 23.3 Å². The summed E-state index contributed by atoms with van der Waals surface area (Å²) in [5.41, 5.74) is 7.58. The molecule has 0 saturated heterocycles. The van der Waals surface area contributed by atoms with E-state index in [2.05, 4.69) is 0 Å². The molecule has 0 bridgehead atoms. The van der Waals surface area contributed by atoms with E-state index >= 15 is 0 Å². The maximum Gasteiger partial charge on any atom is 0.123 e. The van der Waals surface area contributed by atoms with E-state index in [4.69, 9.17) is 15.2 Å². The molecule has 0 radical (unpaired) electrons. The van der Waals surface area contributed by atoms with E-state index in [1.165, 1.54) is 0 Å². The van der Waals surface area contributed by atoms with Gasteiger partial charge in [0.25, 0.3) is 0 Å². The maximum absolute atomic E-state index is 11.8. The first-order valence-electron chi connectivity index (χ1n) is 5.91. The summed E-state index contributed by atoms with van der Waals surface area (Å²) in [6.07, 6.45) is 0.821. The van der Waals surface area contributed by atoms with E-state index in [0.29, 0.717) is 24.7 Å². The van der Waals surface area contributed by atoms with Crippen LogP contribution in [0.1, 0.15) is 17.5 Å². The van der Waals surface area contributed by atoms with Gasteiger partial charge in [-0.05, 0) is 18.1 Å². The summed E-state index contributed by atoms with van der Waals surface area (Å²) in [4.78, 5) is 0. The van der Waals surface area contributed by atoms with Crippen LogP contribution in [0.3, 0.4) is 0 Å². The monoisotopic (exact) mass is 271 g/mol. The lowest BCUT2D eigenvalue weighted by molar-refractivity contribution is 0.200. The number of hydrogen-bond acceptors (Lipinski definition) is 4. The molecule has 1 aromatic rings. The molecule has 0 aliphatic carbocycles. The molecule has 1 aromatic carbocycles. The Kier molecular flexibility index (Phi) is 6.93. The van der Waals surface area contributed by atoms with Crippen LogP contribution in [-0.2, 0) is 27.8 Å². The van der Waals surface area contributed by atoms with Crippen molar-refractivity contribution < 1.29 is 13.7 Å². The van der Waals surface area contributed by atoms with Crippen molar-refractivity contribution in [2.75, 3.05) is 26.6 Å². The summed E-state index contributed by atoms with van der Waals surface area (Å²) >= 11 is 0. The lowest BCUT2D eigenvalue weighted by atomic mass is 10.1. The van der Waals surface area contributed by atoms with Crippen LogP contribution in [0.2, 0.25) is 0 Å². The van der Waals surface area contributed by atoms with Gasteiger partial charge in [0.1, 0.15) is 5.75 Å². The minimum Gasteiger partial charge on any atom is -0.496 e. The summed E-state index contributed by atoms with van der Waals surface area (Å²) < 4.78 is 22.0. The molecule has 0 amide bonds. The van der Waals surface area contributed by atoms with Gasteiger partial charge in [0, 0.05) is 48.1 Å². The van der Waals surface area contributed by atoms with E-state index in [1.54, 1.807) is 14.2 Å². The second kappa shape index (κ2) is 8.24. The van der Waals surface area contributed by atoms with Crippen molar-refractivity contribution in [2.24, 2.45) is 5.73 Å². The molecule has 0 heterocycles. The topological polar surface area (TPSA) is 61.5 Å². The third-order valence-corrected chi connectivity index (χ3v) is 4.02. The minimum absolute atomic E-state index is 0.445. The first-order valence-corrected chi connectivity index (χ1v) is 7.39. The van der Waals surface area contributed by atoms with E-state index in [-0.39, 0.29) is 0 Å². The van der Waals surface area contributed by atoms with Crippen molar-refractivity contribution in [3.05, 3.63) is 29.3 Å². The fraction of sp³-hybridized carbons (Fsp3) is 0.538. The second-order valence-corrected chi connectivity index (χ2v) is 5.56. The van der Waals surface area contributed by atoms with Crippen molar-refractivity contribution >= 4 is 10.8 Å². The quantitative estimate of drug-likeness (QED) is 0.727. The lowest BCUT2D eigenvalue weighted by Gasteiger charge is -2.09. The van der Waals surface area contributed by atoms with Gasteiger partial charge in [-0.3, -0.25) is 4.21 Å². The molecule has 18 heavy (non-hydrogen) atoms. The van der Waals surface area contributed by atoms with Crippen LogP contribution >= 0.6 is 0 Å². The van der Waals surface area contributed by atoms with Gasteiger partial charge in [-0.2, -0.15) is 0 Å². The maximum atomic E-state index is 11.8. The molecule has 0 aliphatic heterocycles. The van der Waals surface area contributed by atoms with Gasteiger partial charge in [-0.1, -0.05) is 12.1 Å². The highest BCUT2D eigenvalue weighted by molar-refractivity contribution is 7.84. The number of benzene rings is 1. The highest BCUT2D eigenvalue weighted by Crippen LogP contribution is 2.20. The molecule has 0 saturated carbocycles. The molecule has 4 nitrogen and oxygen atoms in total. The Balaban J connectivity index is 2.59. The zero-order valence-electron chi connectivity index (χ0n) is 11.0. The van der Waals surface area contributed by atoms with Crippen LogP contribution in [-0.4, -0.2) is 30.8 Å². The van der Waals surface area contributed by atoms with Crippen molar-refractivity contribution in [2.45, 2.75) is 18.7 Å². The second-order valence-electron chi connectivity index (χ2n) is 3.98. The summed E-state index contributed by atoms with van der Waals surface area (Å²) in [5, 5.41) is 0. The van der Waals surface area contributed by atoms with Crippen LogP contribution in [0.25, 0.3) is 0 Å². The van der Waals surface area contributed by atoms with Crippen LogP contribution in [0.4, 0.5) is 0 Å². The third-order valence-electron chi connectivity index (χ3n) is 2.62. The molecule has 1 unspecified atom stereocenters. The Morgan fingerprint density at radius 3 is 2.72 bits per heavy atom. The molecule has 0 aliphatic rings. The molecule has 2 N–H and O–H groups in total. The van der Waals surface area contributed by atoms with Crippen molar-refractivity contribution in [1.29, 1.82) is 0 Å². The number of ether oxygens (including phenoxy) is 2. The van der Waals surface area contributed by atoms with E-state index in [1.807, 2.05) is 18.2 Å². The number of methoxy groups -OCH3 is 2. The predicted octanol–water partition coefficient (Wildman–Crippen LogP) is 1.44. The van der Waals surface area contributed by atoms with Gasteiger partial charge in [0.15, 0.2) is 0 Å². The molecule has 5 heteroatoms. The van der Waals surface area contributed by atoms with Crippen LogP contribution in [0.5, 0.6) is 5.75 Å². The molecule has 0 aromatic heterocycles. The van der Waals surface area contributed by atoms with Crippen molar-refractivity contribution in [3.8, 4) is 5.75 Å². The highest BCUT2D eigenvalue weighted by atomic mass is 32.2. The Labute approximate surface area is 111 Å². The molecule has 1 rings (SSSR count). The van der Waals surface area contributed by atoms with Crippen LogP contribution < -0.4 is 10.5 Å². The van der Waals surface area contributed by atoms with Gasteiger partial charge >= 0.3 is 0 Å². The van der Waals surface area contributed by atoms with Crippen LogP contribution in [0, 0.1) is 0 Å². The lowest BCUT2D eigenvalue weighted by Crippen LogP contribution is -2.05. The highest BCUT2D eigenvalue weighted by Gasteiger charge is 2.06. The Morgan fingerprint density at radius 2 is 2.11 bits per heavy atom. The molecule has 102 valence electrons. The Morgan fingerprint density at radius 1 is 1.33 bits per heavy atom. The average Bonchev–Trinajstić information content (AvgIpc) is 2.39. The fourth-order valence-corrected chi connectivity index (χ4v) is 2.81. The normalized spacial score (nSPS) is 12.4. The van der Waals surface area contributed by atoms with E-state index < -0.39 is 10.8 Å². The molecule has 0 fully saturated rings.